The molecule has 1 aromatic carbocycles. The second-order valence-corrected chi connectivity index (χ2v) is 9.22. The van der Waals surface area contributed by atoms with Gasteiger partial charge < -0.3 is 5.11 Å². The molecule has 1 aromatic rings. The van der Waals surface area contributed by atoms with Crippen molar-refractivity contribution in [2.75, 3.05) is 5.75 Å². The Kier molecular flexibility index (Phi) is 12.9. The first-order valence-corrected chi connectivity index (χ1v) is 11.8. The number of aromatic carboxylic acids is 1. The van der Waals surface area contributed by atoms with Gasteiger partial charge in [0.15, 0.2) is 0 Å². The minimum atomic E-state index is -0.864. The van der Waals surface area contributed by atoms with Crippen LogP contribution in [-0.2, 0) is 0 Å². The van der Waals surface area contributed by atoms with Crippen LogP contribution in [-0.4, -0.2) is 16.8 Å². The summed E-state index contributed by atoms with van der Waals surface area (Å²) < 4.78 is 0. The van der Waals surface area contributed by atoms with Gasteiger partial charge in [-0.3, -0.25) is 0 Å². The zero-order chi connectivity index (χ0) is 22.4. The summed E-state index contributed by atoms with van der Waals surface area (Å²) in [7, 11) is 0. The van der Waals surface area contributed by atoms with Crippen molar-refractivity contribution in [2.45, 2.75) is 78.0 Å². The van der Waals surface area contributed by atoms with Gasteiger partial charge in [-0.2, -0.15) is 0 Å². The summed E-state index contributed by atoms with van der Waals surface area (Å²) in [6.07, 6.45) is 15.9. The normalized spacial score (nSPS) is 12.8. The molecule has 0 atom stereocenters. The first kappa shape index (κ1) is 26.0. The number of benzene rings is 1. The minimum absolute atomic E-state index is 0.383. The summed E-state index contributed by atoms with van der Waals surface area (Å²) in [5.74, 6) is -0.0623. The molecule has 0 unspecified atom stereocenters. The molecule has 164 valence electrons. The van der Waals surface area contributed by atoms with Crippen molar-refractivity contribution in [1.82, 2.24) is 0 Å². The van der Waals surface area contributed by atoms with E-state index in [1.54, 1.807) is 23.9 Å². The molecule has 0 aromatic heterocycles. The first-order chi connectivity index (χ1) is 14.3. The lowest BCUT2D eigenvalue weighted by atomic mass is 10.0. The lowest BCUT2D eigenvalue weighted by Crippen LogP contribution is -1.98. The van der Waals surface area contributed by atoms with Crippen molar-refractivity contribution < 1.29 is 9.90 Å². The maximum absolute atomic E-state index is 11.3. The molecule has 2 nitrogen and oxygen atoms in total. The predicted octanol–water partition coefficient (Wildman–Crippen LogP) is 8.62. The summed E-state index contributed by atoms with van der Waals surface area (Å²) in [6.45, 7) is 10.9. The van der Waals surface area contributed by atoms with Gasteiger partial charge in [0, 0.05) is 10.6 Å². The second kappa shape index (κ2) is 14.9. The van der Waals surface area contributed by atoms with E-state index in [1.165, 1.54) is 22.3 Å². The molecule has 0 saturated heterocycles. The molecule has 3 heteroatoms. The Morgan fingerprint density at radius 1 is 0.800 bits per heavy atom. The van der Waals surface area contributed by atoms with Crippen LogP contribution in [0.2, 0.25) is 0 Å². The zero-order valence-corrected chi connectivity index (χ0v) is 20.1. The molecule has 0 radical (unpaired) electrons. The van der Waals surface area contributed by atoms with Crippen molar-refractivity contribution >= 4 is 17.7 Å². The molecular formula is C27H38O2S. The van der Waals surface area contributed by atoms with Crippen LogP contribution in [0.3, 0.4) is 0 Å². The molecule has 0 amide bonds. The summed E-state index contributed by atoms with van der Waals surface area (Å²) in [5.41, 5.74) is 6.08. The SMILES string of the molecule is CC(C)=CCC/C(C)=C/CC/C(C)=C/CC/C(C)=C/CSc1ccccc1C(=O)O. The maximum Gasteiger partial charge on any atom is 0.336 e. The predicted molar refractivity (Wildman–Crippen MR) is 133 cm³/mol. The van der Waals surface area contributed by atoms with Crippen LogP contribution in [0.5, 0.6) is 0 Å². The standard InChI is InChI=1S/C27H38O2S/c1-21(2)11-8-12-22(3)13-9-14-23(4)15-10-16-24(5)19-20-30-26-18-7-6-17-25(26)27(28)29/h6-7,11,13,15,17-19H,8-10,12,14,16,20H2,1-5H3,(H,28,29)/b22-13+,23-15+,24-19+. The number of allylic oxidation sites excluding steroid dienone is 7. The minimum Gasteiger partial charge on any atom is -0.478 e. The van der Waals surface area contributed by atoms with Crippen LogP contribution in [0.1, 0.15) is 83.5 Å². The molecule has 0 fully saturated rings. The van der Waals surface area contributed by atoms with Crippen molar-refractivity contribution in [3.05, 3.63) is 76.4 Å². The number of carboxylic acid groups (broad SMARTS) is 1. The zero-order valence-electron chi connectivity index (χ0n) is 19.3. The molecule has 30 heavy (non-hydrogen) atoms. The van der Waals surface area contributed by atoms with E-state index >= 15 is 0 Å². The smallest absolute Gasteiger partial charge is 0.336 e. The molecule has 1 rings (SSSR count). The molecule has 0 aliphatic heterocycles. The van der Waals surface area contributed by atoms with Gasteiger partial charge in [-0.05, 0) is 85.3 Å². The first-order valence-electron chi connectivity index (χ1n) is 10.8. The fourth-order valence-corrected chi connectivity index (χ4v) is 4.06. The van der Waals surface area contributed by atoms with Gasteiger partial charge in [0.05, 0.1) is 5.56 Å². The Bertz CT molecular complexity index is 793. The van der Waals surface area contributed by atoms with Crippen LogP contribution in [0.25, 0.3) is 0 Å². The highest BCUT2D eigenvalue weighted by atomic mass is 32.2. The van der Waals surface area contributed by atoms with E-state index in [4.69, 9.17) is 0 Å². The molecule has 1 N–H and O–H groups in total. The third-order valence-corrected chi connectivity index (χ3v) is 5.94. The van der Waals surface area contributed by atoms with E-state index in [0.717, 1.165) is 49.2 Å². The van der Waals surface area contributed by atoms with Gasteiger partial charge in [0.1, 0.15) is 0 Å². The van der Waals surface area contributed by atoms with Crippen LogP contribution >= 0.6 is 11.8 Å². The Balaban J connectivity index is 2.33. The lowest BCUT2D eigenvalue weighted by Gasteiger charge is -2.05. The highest BCUT2D eigenvalue weighted by molar-refractivity contribution is 7.99. The largest absolute Gasteiger partial charge is 0.478 e. The van der Waals surface area contributed by atoms with Crippen LogP contribution in [0, 0.1) is 0 Å². The number of thioether (sulfide) groups is 1. The number of hydrogen-bond donors (Lipinski definition) is 1. The van der Waals surface area contributed by atoms with Crippen LogP contribution in [0.4, 0.5) is 0 Å². The van der Waals surface area contributed by atoms with Crippen molar-refractivity contribution in [3.8, 4) is 0 Å². The van der Waals surface area contributed by atoms with Crippen molar-refractivity contribution in [1.29, 1.82) is 0 Å². The molecular weight excluding hydrogens is 388 g/mol. The average molecular weight is 427 g/mol. The number of rotatable bonds is 13. The van der Waals surface area contributed by atoms with Crippen LogP contribution < -0.4 is 0 Å². The highest BCUT2D eigenvalue weighted by Crippen LogP contribution is 2.23. The fraction of sp³-hybridized carbons (Fsp3) is 0.444. The van der Waals surface area contributed by atoms with Gasteiger partial charge in [0.2, 0.25) is 0 Å². The Hall–Kier alpha value is -2.00. The molecule has 0 saturated carbocycles. The van der Waals surface area contributed by atoms with E-state index in [1.807, 2.05) is 12.1 Å². The number of hydrogen-bond acceptors (Lipinski definition) is 2. The fourth-order valence-electron chi connectivity index (χ4n) is 3.03. The lowest BCUT2D eigenvalue weighted by molar-refractivity contribution is 0.0693. The third kappa shape index (κ3) is 11.9. The average Bonchev–Trinajstić information content (AvgIpc) is 2.68. The Morgan fingerprint density at radius 3 is 1.83 bits per heavy atom. The van der Waals surface area contributed by atoms with E-state index < -0.39 is 5.97 Å². The quantitative estimate of drug-likeness (QED) is 0.253. The molecule has 0 spiro atoms. The summed E-state index contributed by atoms with van der Waals surface area (Å²) in [5, 5.41) is 9.25. The summed E-state index contributed by atoms with van der Waals surface area (Å²) in [6, 6.07) is 7.19. The van der Waals surface area contributed by atoms with Crippen LogP contribution in [0.15, 0.2) is 75.8 Å². The number of carbonyl (C=O) groups is 1. The Morgan fingerprint density at radius 2 is 1.30 bits per heavy atom. The highest BCUT2D eigenvalue weighted by Gasteiger charge is 2.08. The van der Waals surface area contributed by atoms with E-state index in [2.05, 4.69) is 58.9 Å². The molecule has 0 aliphatic carbocycles. The van der Waals surface area contributed by atoms with Gasteiger partial charge >= 0.3 is 5.97 Å². The maximum atomic E-state index is 11.3. The summed E-state index contributed by atoms with van der Waals surface area (Å²) >= 11 is 1.58. The molecule has 0 bridgehead atoms. The van der Waals surface area contributed by atoms with E-state index in [-0.39, 0.29) is 0 Å². The van der Waals surface area contributed by atoms with Gasteiger partial charge in [0.25, 0.3) is 0 Å². The second-order valence-electron chi connectivity index (χ2n) is 8.16. The topological polar surface area (TPSA) is 37.3 Å². The summed E-state index contributed by atoms with van der Waals surface area (Å²) in [4.78, 5) is 12.1. The molecule has 0 heterocycles. The van der Waals surface area contributed by atoms with E-state index in [0.29, 0.717) is 5.56 Å². The van der Waals surface area contributed by atoms with Gasteiger partial charge in [-0.1, -0.05) is 58.7 Å². The monoisotopic (exact) mass is 426 g/mol. The third-order valence-electron chi connectivity index (χ3n) is 4.94. The number of carboxylic acids is 1. The van der Waals surface area contributed by atoms with Crippen molar-refractivity contribution in [2.24, 2.45) is 0 Å². The molecule has 0 aliphatic rings. The van der Waals surface area contributed by atoms with Gasteiger partial charge in [-0.25, -0.2) is 4.79 Å². The van der Waals surface area contributed by atoms with Crippen molar-refractivity contribution in [3.63, 3.8) is 0 Å². The van der Waals surface area contributed by atoms with E-state index in [9.17, 15) is 9.90 Å². The Labute approximate surface area is 187 Å². The van der Waals surface area contributed by atoms with Gasteiger partial charge in [-0.15, -0.1) is 11.8 Å².